The number of nitrogens with zero attached hydrogens (tertiary/aromatic N) is 2. The van der Waals surface area contributed by atoms with E-state index in [1.807, 2.05) is 32.7 Å². The second kappa shape index (κ2) is 5.70. The number of rotatable bonds is 2. The van der Waals surface area contributed by atoms with Crippen molar-refractivity contribution < 1.29 is 9.53 Å². The molecule has 0 aromatic carbocycles. The first-order chi connectivity index (χ1) is 8.58. The molecule has 1 fully saturated rings. The van der Waals surface area contributed by atoms with E-state index in [2.05, 4.69) is 25.8 Å². The molecule has 0 N–H and O–H groups in total. The Balaban J connectivity index is 2.90. The zero-order valence-corrected chi connectivity index (χ0v) is 13.6. The predicted octanol–water partition coefficient (Wildman–Crippen LogP) is 2.97. The summed E-state index contributed by atoms with van der Waals surface area (Å²) in [6.07, 6.45) is 1.96. The van der Waals surface area contributed by atoms with Crippen molar-refractivity contribution in [1.29, 1.82) is 0 Å². The van der Waals surface area contributed by atoms with E-state index >= 15 is 0 Å². The van der Waals surface area contributed by atoms with Gasteiger partial charge in [-0.05, 0) is 53.1 Å². The lowest BCUT2D eigenvalue weighted by molar-refractivity contribution is -0.0292. The van der Waals surface area contributed by atoms with Crippen molar-refractivity contribution in [2.45, 2.75) is 58.6 Å². The summed E-state index contributed by atoms with van der Waals surface area (Å²) in [6, 6.07) is 0. The van der Waals surface area contributed by atoms with Crippen LogP contribution in [-0.4, -0.2) is 54.2 Å². The summed E-state index contributed by atoms with van der Waals surface area (Å²) in [5, 5.41) is 0. The highest BCUT2D eigenvalue weighted by Gasteiger charge is 2.44. The molecule has 1 saturated heterocycles. The fraction of sp³-hybridized carbons (Fsp3) is 0.933. The fourth-order valence-electron chi connectivity index (χ4n) is 2.93. The smallest absolute Gasteiger partial charge is 0.410 e. The van der Waals surface area contributed by atoms with Crippen LogP contribution in [0.15, 0.2) is 0 Å². The Labute approximate surface area is 118 Å². The maximum absolute atomic E-state index is 12.4. The zero-order chi connectivity index (χ0) is 14.8. The molecule has 0 spiro atoms. The van der Waals surface area contributed by atoms with E-state index in [1.54, 1.807) is 0 Å². The van der Waals surface area contributed by atoms with Crippen LogP contribution in [0.2, 0.25) is 0 Å². The Hall–Kier alpha value is -0.770. The number of amides is 1. The van der Waals surface area contributed by atoms with Gasteiger partial charge in [-0.25, -0.2) is 4.79 Å². The molecule has 4 heteroatoms. The first-order valence-electron chi connectivity index (χ1n) is 7.24. The van der Waals surface area contributed by atoms with Gasteiger partial charge in [0.2, 0.25) is 0 Å². The number of carbonyl (C=O) groups is 1. The van der Waals surface area contributed by atoms with Gasteiger partial charge in [0.15, 0.2) is 0 Å². The third-order valence-electron chi connectivity index (χ3n) is 4.10. The summed E-state index contributed by atoms with van der Waals surface area (Å²) in [5.74, 6) is 0.410. The second-order valence-corrected chi connectivity index (χ2v) is 7.14. The summed E-state index contributed by atoms with van der Waals surface area (Å²) in [6.45, 7) is 12.1. The summed E-state index contributed by atoms with van der Waals surface area (Å²) in [4.78, 5) is 16.5. The average molecular weight is 270 g/mol. The molecule has 1 rings (SSSR count). The van der Waals surface area contributed by atoms with Crippen molar-refractivity contribution in [3.05, 3.63) is 0 Å². The predicted molar refractivity (Wildman–Crippen MR) is 78.3 cm³/mol. The van der Waals surface area contributed by atoms with E-state index in [0.717, 1.165) is 25.9 Å². The summed E-state index contributed by atoms with van der Waals surface area (Å²) in [7, 11) is 4.01. The number of hydrogen-bond acceptors (Lipinski definition) is 3. The number of likely N-dealkylation sites (N-methyl/N-ethyl adjacent to an activating group) is 2. The molecular formula is C15H30N2O2. The summed E-state index contributed by atoms with van der Waals surface area (Å²) >= 11 is 0. The highest BCUT2D eigenvalue weighted by atomic mass is 16.6. The minimum absolute atomic E-state index is 0.116. The van der Waals surface area contributed by atoms with E-state index < -0.39 is 5.60 Å². The molecule has 19 heavy (non-hydrogen) atoms. The highest BCUT2D eigenvalue weighted by Crippen LogP contribution is 2.34. The van der Waals surface area contributed by atoms with Crippen LogP contribution in [0.4, 0.5) is 4.79 Å². The lowest BCUT2D eigenvalue weighted by Crippen LogP contribution is -2.61. The van der Waals surface area contributed by atoms with Crippen LogP contribution < -0.4 is 0 Å². The van der Waals surface area contributed by atoms with Gasteiger partial charge in [0.25, 0.3) is 0 Å². The average Bonchev–Trinajstić information content (AvgIpc) is 2.25. The van der Waals surface area contributed by atoms with Gasteiger partial charge >= 0.3 is 6.09 Å². The number of carbonyl (C=O) groups excluding carboxylic acids is 1. The molecule has 112 valence electrons. The molecule has 0 saturated carbocycles. The standard InChI is InChI=1S/C15H30N2O2/c1-12(2)15(9-8-10-16(6)11-15)17(7)13(18)19-14(3,4)5/h12H,8-11H2,1-7H3. The number of likely N-dealkylation sites (tertiary alicyclic amines) is 1. The Kier molecular flexibility index (Phi) is 4.88. The van der Waals surface area contributed by atoms with Gasteiger partial charge in [-0.2, -0.15) is 0 Å². The van der Waals surface area contributed by atoms with E-state index in [-0.39, 0.29) is 11.6 Å². The lowest BCUT2D eigenvalue weighted by atomic mass is 9.78. The van der Waals surface area contributed by atoms with Crippen LogP contribution in [0.3, 0.4) is 0 Å². The molecule has 1 atom stereocenters. The van der Waals surface area contributed by atoms with Gasteiger partial charge in [0, 0.05) is 13.6 Å². The van der Waals surface area contributed by atoms with Crippen molar-refractivity contribution in [1.82, 2.24) is 9.80 Å². The van der Waals surface area contributed by atoms with Crippen LogP contribution in [0.5, 0.6) is 0 Å². The van der Waals surface area contributed by atoms with Crippen molar-refractivity contribution in [2.24, 2.45) is 5.92 Å². The lowest BCUT2D eigenvalue weighted by Gasteiger charge is -2.50. The molecule has 0 aromatic heterocycles. The molecule has 0 radical (unpaired) electrons. The molecule has 1 heterocycles. The Morgan fingerprint density at radius 1 is 1.37 bits per heavy atom. The molecule has 0 bridgehead atoms. The largest absolute Gasteiger partial charge is 0.444 e. The third kappa shape index (κ3) is 3.85. The van der Waals surface area contributed by atoms with Crippen molar-refractivity contribution in [2.75, 3.05) is 27.2 Å². The molecule has 1 aliphatic rings. The quantitative estimate of drug-likeness (QED) is 0.773. The van der Waals surface area contributed by atoms with E-state index in [0.29, 0.717) is 5.92 Å². The first kappa shape index (κ1) is 16.3. The molecule has 0 aromatic rings. The zero-order valence-electron chi connectivity index (χ0n) is 13.6. The monoisotopic (exact) mass is 270 g/mol. The minimum Gasteiger partial charge on any atom is -0.444 e. The van der Waals surface area contributed by atoms with Gasteiger partial charge in [0.05, 0.1) is 5.54 Å². The van der Waals surface area contributed by atoms with Crippen molar-refractivity contribution in [3.8, 4) is 0 Å². The summed E-state index contributed by atoms with van der Waals surface area (Å²) in [5.41, 5.74) is -0.556. The maximum Gasteiger partial charge on any atom is 0.410 e. The Morgan fingerprint density at radius 2 is 1.95 bits per heavy atom. The third-order valence-corrected chi connectivity index (χ3v) is 4.10. The molecule has 1 aliphatic heterocycles. The van der Waals surface area contributed by atoms with Crippen molar-refractivity contribution in [3.63, 3.8) is 0 Å². The van der Waals surface area contributed by atoms with E-state index in [4.69, 9.17) is 4.74 Å². The molecule has 1 unspecified atom stereocenters. The Morgan fingerprint density at radius 3 is 2.37 bits per heavy atom. The van der Waals surface area contributed by atoms with Crippen molar-refractivity contribution >= 4 is 6.09 Å². The number of ether oxygens (including phenoxy) is 1. The summed E-state index contributed by atoms with van der Waals surface area (Å²) < 4.78 is 5.53. The molecule has 1 amide bonds. The van der Waals surface area contributed by atoms with Crippen LogP contribution >= 0.6 is 0 Å². The molecule has 0 aliphatic carbocycles. The van der Waals surface area contributed by atoms with Gasteiger partial charge in [-0.3, -0.25) is 0 Å². The van der Waals surface area contributed by atoms with Gasteiger partial charge in [-0.15, -0.1) is 0 Å². The topological polar surface area (TPSA) is 32.8 Å². The minimum atomic E-state index is -0.440. The van der Waals surface area contributed by atoms with Crippen LogP contribution in [0.25, 0.3) is 0 Å². The molecular weight excluding hydrogens is 240 g/mol. The van der Waals surface area contributed by atoms with E-state index in [9.17, 15) is 4.79 Å². The van der Waals surface area contributed by atoms with Crippen LogP contribution in [0, 0.1) is 5.92 Å². The van der Waals surface area contributed by atoms with Gasteiger partial charge in [-0.1, -0.05) is 13.8 Å². The van der Waals surface area contributed by atoms with Gasteiger partial charge < -0.3 is 14.5 Å². The fourth-order valence-corrected chi connectivity index (χ4v) is 2.93. The van der Waals surface area contributed by atoms with Crippen LogP contribution in [0.1, 0.15) is 47.5 Å². The first-order valence-corrected chi connectivity index (χ1v) is 7.24. The molecule has 4 nitrogen and oxygen atoms in total. The number of piperidine rings is 1. The highest BCUT2D eigenvalue weighted by molar-refractivity contribution is 5.69. The normalized spacial score (nSPS) is 25.5. The second-order valence-electron chi connectivity index (χ2n) is 7.14. The Bertz CT molecular complexity index is 323. The maximum atomic E-state index is 12.4. The number of hydrogen-bond donors (Lipinski definition) is 0. The van der Waals surface area contributed by atoms with E-state index in [1.165, 1.54) is 0 Å². The SMILES string of the molecule is CC(C)C1(N(C)C(=O)OC(C)(C)C)CCCN(C)C1. The van der Waals surface area contributed by atoms with Crippen LogP contribution in [-0.2, 0) is 4.74 Å². The van der Waals surface area contributed by atoms with Gasteiger partial charge in [0.1, 0.15) is 5.60 Å².